The largest absolute Gasteiger partial charge is 0.386 e. The Bertz CT molecular complexity index is 948. The van der Waals surface area contributed by atoms with Crippen LogP contribution in [0.4, 0.5) is 5.69 Å². The molecule has 3 aromatic rings. The number of para-hydroxylation sites is 1. The highest BCUT2D eigenvalue weighted by Gasteiger charge is 2.17. The van der Waals surface area contributed by atoms with Crippen LogP contribution in [-0.4, -0.2) is 27.0 Å². The van der Waals surface area contributed by atoms with Gasteiger partial charge in [-0.15, -0.1) is 0 Å². The third kappa shape index (κ3) is 3.36. The van der Waals surface area contributed by atoms with Gasteiger partial charge in [-0.05, 0) is 12.1 Å². The molecule has 1 atom stereocenters. The minimum atomic E-state index is -0.881. The summed E-state index contributed by atoms with van der Waals surface area (Å²) in [6.07, 6.45) is 0.947. The number of carbonyl (C=O) groups is 1. The zero-order valence-corrected chi connectivity index (χ0v) is 13.5. The summed E-state index contributed by atoms with van der Waals surface area (Å²) in [6, 6.07) is 13.1. The molecule has 0 aliphatic carbocycles. The number of nitrogens with one attached hydrogen (secondary N) is 1. The Morgan fingerprint density at radius 3 is 2.80 bits per heavy atom. The first-order valence-electron chi connectivity index (χ1n) is 7.72. The highest BCUT2D eigenvalue weighted by Crippen LogP contribution is 2.25. The van der Waals surface area contributed by atoms with Gasteiger partial charge >= 0.3 is 0 Å². The molecule has 3 rings (SSSR count). The van der Waals surface area contributed by atoms with Crippen LogP contribution in [0.3, 0.4) is 0 Å². The van der Waals surface area contributed by atoms with Gasteiger partial charge in [0.1, 0.15) is 0 Å². The summed E-state index contributed by atoms with van der Waals surface area (Å²) in [6.45, 7) is 0.00946. The molecule has 2 N–H and O–H groups in total. The first-order chi connectivity index (χ1) is 12.0. The van der Waals surface area contributed by atoms with Crippen molar-refractivity contribution in [2.75, 3.05) is 6.54 Å². The second-order valence-electron chi connectivity index (χ2n) is 5.75. The van der Waals surface area contributed by atoms with E-state index in [1.807, 2.05) is 42.1 Å². The molecule has 0 radical (unpaired) electrons. The van der Waals surface area contributed by atoms with E-state index in [9.17, 15) is 20.0 Å². The van der Waals surface area contributed by atoms with Gasteiger partial charge in [-0.3, -0.25) is 14.9 Å². The Balaban J connectivity index is 1.73. The van der Waals surface area contributed by atoms with Crippen LogP contribution in [0.2, 0.25) is 0 Å². The minimum Gasteiger partial charge on any atom is -0.386 e. The standard InChI is InChI=1S/C18H17N3O4/c1-20-11-15(14-7-2-3-8-16(14)20)17(22)10-19-18(23)12-5-4-6-13(9-12)21(24)25/h2-9,11,17,22H,10H2,1H3,(H,19,23). The van der Waals surface area contributed by atoms with Crippen molar-refractivity contribution in [2.45, 2.75) is 6.10 Å². The average molecular weight is 339 g/mol. The van der Waals surface area contributed by atoms with Gasteiger partial charge in [-0.1, -0.05) is 24.3 Å². The van der Waals surface area contributed by atoms with E-state index in [1.54, 1.807) is 0 Å². The number of aliphatic hydroxyl groups is 1. The van der Waals surface area contributed by atoms with Gasteiger partial charge in [-0.25, -0.2) is 0 Å². The van der Waals surface area contributed by atoms with Crippen molar-refractivity contribution in [1.82, 2.24) is 9.88 Å². The smallest absolute Gasteiger partial charge is 0.270 e. The van der Waals surface area contributed by atoms with Gasteiger partial charge in [-0.2, -0.15) is 0 Å². The number of amides is 1. The predicted molar refractivity (Wildman–Crippen MR) is 93.3 cm³/mol. The van der Waals surface area contributed by atoms with Gasteiger partial charge in [0.05, 0.1) is 11.0 Å². The summed E-state index contributed by atoms with van der Waals surface area (Å²) in [5, 5.41) is 24.8. The summed E-state index contributed by atoms with van der Waals surface area (Å²) in [7, 11) is 1.89. The lowest BCUT2D eigenvalue weighted by Crippen LogP contribution is -2.28. The van der Waals surface area contributed by atoms with Crippen LogP contribution in [0.25, 0.3) is 10.9 Å². The van der Waals surface area contributed by atoms with Crippen LogP contribution in [0, 0.1) is 10.1 Å². The highest BCUT2D eigenvalue weighted by atomic mass is 16.6. The van der Waals surface area contributed by atoms with E-state index >= 15 is 0 Å². The molecule has 0 saturated carbocycles. The zero-order chi connectivity index (χ0) is 18.0. The molecule has 128 valence electrons. The Kier molecular flexibility index (Phi) is 4.49. The number of hydrogen-bond donors (Lipinski definition) is 2. The second kappa shape index (κ2) is 6.74. The SMILES string of the molecule is Cn1cc(C(O)CNC(=O)c2cccc([N+](=O)[O-])c2)c2ccccc21. The maximum atomic E-state index is 12.2. The monoisotopic (exact) mass is 339 g/mol. The summed E-state index contributed by atoms with van der Waals surface area (Å²) >= 11 is 0. The molecule has 1 unspecified atom stereocenters. The van der Waals surface area contributed by atoms with E-state index in [0.717, 1.165) is 16.5 Å². The number of nitro groups is 1. The number of rotatable bonds is 5. The predicted octanol–water partition coefficient (Wildman–Crippen LogP) is 2.55. The van der Waals surface area contributed by atoms with E-state index in [-0.39, 0.29) is 17.8 Å². The minimum absolute atomic E-state index is 0.00946. The molecule has 0 bridgehead atoms. The average Bonchev–Trinajstić information content (AvgIpc) is 2.97. The fraction of sp³-hybridized carbons (Fsp3) is 0.167. The lowest BCUT2D eigenvalue weighted by molar-refractivity contribution is -0.384. The molecular formula is C18H17N3O4. The Morgan fingerprint density at radius 1 is 1.28 bits per heavy atom. The van der Waals surface area contributed by atoms with Crippen molar-refractivity contribution in [2.24, 2.45) is 7.05 Å². The molecule has 1 aromatic heterocycles. The molecule has 0 spiro atoms. The quantitative estimate of drug-likeness (QED) is 0.551. The number of aromatic nitrogens is 1. The third-order valence-electron chi connectivity index (χ3n) is 4.06. The van der Waals surface area contributed by atoms with Gasteiger partial charge in [0.25, 0.3) is 11.6 Å². The topological polar surface area (TPSA) is 97.4 Å². The van der Waals surface area contributed by atoms with Gasteiger partial charge in [0, 0.05) is 54.0 Å². The molecule has 2 aromatic carbocycles. The first-order valence-corrected chi connectivity index (χ1v) is 7.72. The van der Waals surface area contributed by atoms with Crippen LogP contribution < -0.4 is 5.32 Å². The van der Waals surface area contributed by atoms with Crippen molar-refractivity contribution in [3.63, 3.8) is 0 Å². The number of hydrogen-bond acceptors (Lipinski definition) is 4. The summed E-state index contributed by atoms with van der Waals surface area (Å²) in [4.78, 5) is 22.4. The fourth-order valence-electron chi connectivity index (χ4n) is 2.80. The van der Waals surface area contributed by atoms with E-state index < -0.39 is 16.9 Å². The van der Waals surface area contributed by atoms with Gasteiger partial charge in [0.15, 0.2) is 0 Å². The normalized spacial score (nSPS) is 12.1. The van der Waals surface area contributed by atoms with Gasteiger partial charge < -0.3 is 15.0 Å². The fourth-order valence-corrected chi connectivity index (χ4v) is 2.80. The molecule has 25 heavy (non-hydrogen) atoms. The molecule has 1 heterocycles. The molecular weight excluding hydrogens is 322 g/mol. The summed E-state index contributed by atoms with van der Waals surface area (Å²) in [5.41, 5.74) is 1.74. The van der Waals surface area contributed by atoms with Crippen LogP contribution in [0.5, 0.6) is 0 Å². The van der Waals surface area contributed by atoms with Gasteiger partial charge in [0.2, 0.25) is 0 Å². The van der Waals surface area contributed by atoms with Crippen molar-refractivity contribution >= 4 is 22.5 Å². The summed E-state index contributed by atoms with van der Waals surface area (Å²) < 4.78 is 1.91. The van der Waals surface area contributed by atoms with Crippen LogP contribution >= 0.6 is 0 Å². The van der Waals surface area contributed by atoms with E-state index in [4.69, 9.17) is 0 Å². The molecule has 0 fully saturated rings. The molecule has 0 saturated heterocycles. The lowest BCUT2D eigenvalue weighted by atomic mass is 10.1. The number of fused-ring (bicyclic) bond motifs is 1. The van der Waals surface area contributed by atoms with Crippen molar-refractivity contribution in [1.29, 1.82) is 0 Å². The highest BCUT2D eigenvalue weighted by molar-refractivity contribution is 5.94. The third-order valence-corrected chi connectivity index (χ3v) is 4.06. The second-order valence-corrected chi connectivity index (χ2v) is 5.75. The lowest BCUT2D eigenvalue weighted by Gasteiger charge is -2.11. The van der Waals surface area contributed by atoms with Crippen molar-refractivity contribution in [3.8, 4) is 0 Å². The van der Waals surface area contributed by atoms with Crippen LogP contribution in [0.1, 0.15) is 22.0 Å². The summed E-state index contributed by atoms with van der Waals surface area (Å²) in [5.74, 6) is -0.469. The number of nitro benzene ring substituents is 1. The van der Waals surface area contributed by atoms with E-state index in [2.05, 4.69) is 5.32 Å². The number of non-ortho nitro benzene ring substituents is 1. The number of carbonyl (C=O) groups excluding carboxylic acids is 1. The molecule has 0 aliphatic rings. The van der Waals surface area contributed by atoms with E-state index in [1.165, 1.54) is 24.3 Å². The maximum Gasteiger partial charge on any atom is 0.270 e. The Hall–Kier alpha value is -3.19. The van der Waals surface area contributed by atoms with Crippen LogP contribution in [0.15, 0.2) is 54.7 Å². The number of aliphatic hydroxyl groups excluding tert-OH is 1. The molecule has 0 aliphatic heterocycles. The van der Waals surface area contributed by atoms with E-state index in [0.29, 0.717) is 0 Å². The van der Waals surface area contributed by atoms with Crippen molar-refractivity contribution in [3.05, 3.63) is 76.0 Å². The number of aryl methyl sites for hydroxylation is 1. The molecule has 7 heteroatoms. The number of nitrogens with zero attached hydrogens (tertiary/aromatic N) is 2. The van der Waals surface area contributed by atoms with Crippen LogP contribution in [-0.2, 0) is 7.05 Å². The number of benzene rings is 2. The Labute approximate surface area is 143 Å². The molecule has 1 amide bonds. The maximum absolute atomic E-state index is 12.2. The first kappa shape index (κ1) is 16.7. The Morgan fingerprint density at radius 2 is 2.04 bits per heavy atom. The zero-order valence-electron chi connectivity index (χ0n) is 13.5. The van der Waals surface area contributed by atoms with Crippen molar-refractivity contribution < 1.29 is 14.8 Å². The molecule has 7 nitrogen and oxygen atoms in total.